The Kier molecular flexibility index (Phi) is 3.94. The zero-order chi connectivity index (χ0) is 9.97. The molecule has 1 heterocycles. The van der Waals surface area contributed by atoms with Crippen LogP contribution >= 0.6 is 12.4 Å². The third-order valence-corrected chi connectivity index (χ3v) is 2.15. The molecular formula is C10H13ClN2O2. The predicted octanol–water partition coefficient (Wildman–Crippen LogP) is 0.689. The minimum atomic E-state index is -0.00891. The third kappa shape index (κ3) is 2.40. The molecule has 1 amide bonds. The monoisotopic (exact) mass is 228 g/mol. The van der Waals surface area contributed by atoms with Crippen molar-refractivity contribution in [1.82, 2.24) is 5.32 Å². The topological polar surface area (TPSA) is 64.3 Å². The maximum Gasteiger partial charge on any atom is 0.251 e. The number of carbonyl (C=O) groups excluding carboxylic acids is 1. The Morgan fingerprint density at radius 2 is 2.27 bits per heavy atom. The van der Waals surface area contributed by atoms with E-state index in [1.165, 1.54) is 0 Å². The van der Waals surface area contributed by atoms with Crippen LogP contribution in [0.25, 0.3) is 0 Å². The van der Waals surface area contributed by atoms with Crippen molar-refractivity contribution in [2.75, 3.05) is 13.2 Å². The van der Waals surface area contributed by atoms with Crippen molar-refractivity contribution < 1.29 is 9.53 Å². The van der Waals surface area contributed by atoms with Crippen LogP contribution in [0, 0.1) is 0 Å². The van der Waals surface area contributed by atoms with Crippen molar-refractivity contribution in [3.8, 4) is 5.75 Å². The molecule has 2 rings (SSSR count). The lowest BCUT2D eigenvalue weighted by Crippen LogP contribution is -2.12. The van der Waals surface area contributed by atoms with Gasteiger partial charge in [0.05, 0.1) is 0 Å². The highest BCUT2D eigenvalue weighted by atomic mass is 35.5. The second-order valence-electron chi connectivity index (χ2n) is 3.14. The molecule has 15 heavy (non-hydrogen) atoms. The van der Waals surface area contributed by atoms with E-state index in [4.69, 9.17) is 10.5 Å². The second kappa shape index (κ2) is 5.00. The molecule has 0 atom stereocenters. The molecule has 3 N–H and O–H groups in total. The van der Waals surface area contributed by atoms with Gasteiger partial charge in [0.2, 0.25) is 0 Å². The first-order valence-electron chi connectivity index (χ1n) is 4.55. The summed E-state index contributed by atoms with van der Waals surface area (Å²) in [5.74, 6) is 0.760. The van der Waals surface area contributed by atoms with Crippen molar-refractivity contribution in [2.24, 2.45) is 5.73 Å². The van der Waals surface area contributed by atoms with E-state index in [0.29, 0.717) is 19.7 Å². The van der Waals surface area contributed by atoms with Crippen LogP contribution in [0.15, 0.2) is 18.2 Å². The first kappa shape index (κ1) is 11.8. The zero-order valence-electron chi connectivity index (χ0n) is 8.16. The second-order valence-corrected chi connectivity index (χ2v) is 3.14. The molecule has 0 spiro atoms. The number of fused-ring (bicyclic) bond motifs is 1. The summed E-state index contributed by atoms with van der Waals surface area (Å²) in [4.78, 5) is 11.2. The molecule has 0 aliphatic carbocycles. The van der Waals surface area contributed by atoms with Gasteiger partial charge in [-0.05, 0) is 23.8 Å². The number of halogens is 1. The van der Waals surface area contributed by atoms with Gasteiger partial charge in [-0.3, -0.25) is 4.79 Å². The fourth-order valence-corrected chi connectivity index (χ4v) is 1.48. The summed E-state index contributed by atoms with van der Waals surface area (Å²) >= 11 is 0. The molecule has 1 aromatic rings. The summed E-state index contributed by atoms with van der Waals surface area (Å²) in [6.07, 6.45) is 0. The molecule has 82 valence electrons. The van der Waals surface area contributed by atoms with E-state index in [1.54, 1.807) is 12.1 Å². The third-order valence-electron chi connectivity index (χ3n) is 2.15. The quantitative estimate of drug-likeness (QED) is 0.800. The Bertz CT molecular complexity index is 368. The number of amides is 1. The zero-order valence-corrected chi connectivity index (χ0v) is 8.97. The molecule has 0 unspecified atom stereocenters. The van der Waals surface area contributed by atoms with Crippen LogP contribution in [0.5, 0.6) is 5.75 Å². The largest absolute Gasteiger partial charge is 0.492 e. The van der Waals surface area contributed by atoms with Crippen molar-refractivity contribution in [3.05, 3.63) is 29.3 Å². The Labute approximate surface area is 94.2 Å². The Hall–Kier alpha value is -1.26. The number of ether oxygens (including phenoxy) is 1. The van der Waals surface area contributed by atoms with Gasteiger partial charge in [-0.1, -0.05) is 0 Å². The summed E-state index contributed by atoms with van der Waals surface area (Å²) in [5.41, 5.74) is 7.05. The van der Waals surface area contributed by atoms with Gasteiger partial charge < -0.3 is 15.8 Å². The van der Waals surface area contributed by atoms with Crippen LogP contribution in [0.3, 0.4) is 0 Å². The SMILES string of the molecule is Cl.NCCOc1ccc2c(c1)CNC2=O. The number of hydrogen-bond acceptors (Lipinski definition) is 3. The van der Waals surface area contributed by atoms with E-state index in [-0.39, 0.29) is 18.3 Å². The van der Waals surface area contributed by atoms with Gasteiger partial charge in [-0.2, -0.15) is 0 Å². The van der Waals surface area contributed by atoms with Crippen LogP contribution in [0.4, 0.5) is 0 Å². The van der Waals surface area contributed by atoms with Gasteiger partial charge in [-0.15, -0.1) is 12.4 Å². The minimum absolute atomic E-state index is 0. The van der Waals surface area contributed by atoms with Crippen molar-refractivity contribution in [3.63, 3.8) is 0 Å². The number of benzene rings is 1. The summed E-state index contributed by atoms with van der Waals surface area (Å²) in [6, 6.07) is 5.45. The molecule has 0 saturated carbocycles. The Morgan fingerprint density at radius 1 is 1.47 bits per heavy atom. The summed E-state index contributed by atoms with van der Waals surface area (Å²) in [5, 5.41) is 2.75. The lowest BCUT2D eigenvalue weighted by molar-refractivity contribution is 0.0966. The van der Waals surface area contributed by atoms with E-state index >= 15 is 0 Å². The first-order chi connectivity index (χ1) is 6.81. The fourth-order valence-electron chi connectivity index (χ4n) is 1.48. The number of nitrogens with two attached hydrogens (primary N) is 1. The van der Waals surface area contributed by atoms with Gasteiger partial charge in [0.25, 0.3) is 5.91 Å². The van der Waals surface area contributed by atoms with Crippen molar-refractivity contribution in [2.45, 2.75) is 6.54 Å². The molecule has 4 nitrogen and oxygen atoms in total. The van der Waals surface area contributed by atoms with E-state index in [2.05, 4.69) is 5.32 Å². The standard InChI is InChI=1S/C10H12N2O2.ClH/c11-3-4-14-8-1-2-9-7(5-8)6-12-10(9)13;/h1-2,5H,3-4,6,11H2,(H,12,13);1H. The fraction of sp³-hybridized carbons (Fsp3) is 0.300. The average Bonchev–Trinajstić information content (AvgIpc) is 2.57. The van der Waals surface area contributed by atoms with Crippen LogP contribution in [0.2, 0.25) is 0 Å². The number of rotatable bonds is 3. The van der Waals surface area contributed by atoms with Gasteiger partial charge in [0.1, 0.15) is 12.4 Å². The molecule has 1 aliphatic rings. The van der Waals surface area contributed by atoms with E-state index in [1.807, 2.05) is 6.07 Å². The van der Waals surface area contributed by atoms with Gasteiger partial charge >= 0.3 is 0 Å². The maximum atomic E-state index is 11.2. The lowest BCUT2D eigenvalue weighted by Gasteiger charge is -2.05. The Balaban J connectivity index is 0.00000112. The van der Waals surface area contributed by atoms with Gasteiger partial charge in [-0.25, -0.2) is 0 Å². The maximum absolute atomic E-state index is 11.2. The van der Waals surface area contributed by atoms with Gasteiger partial charge in [0.15, 0.2) is 0 Å². The smallest absolute Gasteiger partial charge is 0.251 e. The number of hydrogen-bond donors (Lipinski definition) is 2. The van der Waals surface area contributed by atoms with Crippen molar-refractivity contribution >= 4 is 18.3 Å². The molecule has 1 aliphatic heterocycles. The summed E-state index contributed by atoms with van der Waals surface area (Å²) in [6.45, 7) is 1.59. The Morgan fingerprint density at radius 3 is 3.00 bits per heavy atom. The molecule has 0 fully saturated rings. The first-order valence-corrected chi connectivity index (χ1v) is 4.55. The summed E-state index contributed by atoms with van der Waals surface area (Å²) in [7, 11) is 0. The molecular weight excluding hydrogens is 216 g/mol. The molecule has 0 radical (unpaired) electrons. The number of carbonyl (C=O) groups is 1. The minimum Gasteiger partial charge on any atom is -0.492 e. The highest BCUT2D eigenvalue weighted by Gasteiger charge is 2.18. The van der Waals surface area contributed by atoms with Crippen LogP contribution in [-0.2, 0) is 6.54 Å². The van der Waals surface area contributed by atoms with Crippen molar-refractivity contribution in [1.29, 1.82) is 0 Å². The van der Waals surface area contributed by atoms with Crippen LogP contribution < -0.4 is 15.8 Å². The molecule has 0 saturated heterocycles. The highest BCUT2D eigenvalue weighted by molar-refractivity contribution is 5.98. The number of nitrogens with one attached hydrogen (secondary N) is 1. The van der Waals surface area contributed by atoms with Crippen LogP contribution in [0.1, 0.15) is 15.9 Å². The van der Waals surface area contributed by atoms with E-state index < -0.39 is 0 Å². The normalized spacial score (nSPS) is 12.7. The molecule has 5 heteroatoms. The van der Waals surface area contributed by atoms with E-state index in [0.717, 1.165) is 16.9 Å². The highest BCUT2D eigenvalue weighted by Crippen LogP contribution is 2.21. The molecule has 1 aromatic carbocycles. The molecule has 0 bridgehead atoms. The molecule has 0 aromatic heterocycles. The average molecular weight is 229 g/mol. The van der Waals surface area contributed by atoms with Gasteiger partial charge in [0, 0.05) is 18.7 Å². The van der Waals surface area contributed by atoms with Crippen LogP contribution in [-0.4, -0.2) is 19.1 Å². The van der Waals surface area contributed by atoms with E-state index in [9.17, 15) is 4.79 Å². The summed E-state index contributed by atoms with van der Waals surface area (Å²) < 4.78 is 5.35. The predicted molar refractivity (Wildman–Crippen MR) is 59.4 cm³/mol. The lowest BCUT2D eigenvalue weighted by atomic mass is 10.1.